The number of hydrogen-bond donors (Lipinski definition) is 1. The first kappa shape index (κ1) is 14.3. The van der Waals surface area contributed by atoms with Crippen molar-refractivity contribution in [3.63, 3.8) is 0 Å². The molecule has 3 nitrogen and oxygen atoms in total. The second-order valence-corrected chi connectivity index (χ2v) is 7.19. The highest BCUT2D eigenvalue weighted by Gasteiger charge is 2.38. The van der Waals surface area contributed by atoms with Gasteiger partial charge in [0.2, 0.25) is 0 Å². The maximum Gasteiger partial charge on any atom is 0.0277 e. The molecule has 0 aromatic rings. The first-order chi connectivity index (χ1) is 8.44. The van der Waals surface area contributed by atoms with Gasteiger partial charge in [-0.15, -0.1) is 0 Å². The molecule has 1 saturated carbocycles. The van der Waals surface area contributed by atoms with Gasteiger partial charge in [-0.25, -0.2) is 0 Å². The number of likely N-dealkylation sites (N-methyl/N-ethyl adjacent to an activating group) is 1. The van der Waals surface area contributed by atoms with E-state index >= 15 is 0 Å². The Balaban J connectivity index is 2.05. The molecule has 1 saturated heterocycles. The Morgan fingerprint density at radius 2 is 1.94 bits per heavy atom. The van der Waals surface area contributed by atoms with Crippen molar-refractivity contribution >= 4 is 0 Å². The predicted molar refractivity (Wildman–Crippen MR) is 77.6 cm³/mol. The Morgan fingerprint density at radius 1 is 1.22 bits per heavy atom. The van der Waals surface area contributed by atoms with Crippen LogP contribution in [0.15, 0.2) is 0 Å². The SMILES string of the molecule is CC1CCC(CN)C(N2CCN(C)C(C)(C)C2)C1. The van der Waals surface area contributed by atoms with E-state index < -0.39 is 0 Å². The van der Waals surface area contributed by atoms with Crippen LogP contribution in [0, 0.1) is 11.8 Å². The summed E-state index contributed by atoms with van der Waals surface area (Å²) >= 11 is 0. The van der Waals surface area contributed by atoms with Crippen molar-refractivity contribution in [3.8, 4) is 0 Å². The van der Waals surface area contributed by atoms with E-state index in [-0.39, 0.29) is 0 Å². The third kappa shape index (κ3) is 2.89. The van der Waals surface area contributed by atoms with Gasteiger partial charge in [0.05, 0.1) is 0 Å². The molecule has 0 bridgehead atoms. The number of nitrogens with two attached hydrogens (primary N) is 1. The van der Waals surface area contributed by atoms with Gasteiger partial charge < -0.3 is 5.73 Å². The Labute approximate surface area is 113 Å². The van der Waals surface area contributed by atoms with Crippen LogP contribution in [0.5, 0.6) is 0 Å². The lowest BCUT2D eigenvalue weighted by atomic mass is 9.77. The van der Waals surface area contributed by atoms with Crippen LogP contribution in [-0.2, 0) is 0 Å². The van der Waals surface area contributed by atoms with Crippen molar-refractivity contribution in [1.29, 1.82) is 0 Å². The van der Waals surface area contributed by atoms with E-state index in [9.17, 15) is 0 Å². The number of hydrogen-bond acceptors (Lipinski definition) is 3. The van der Waals surface area contributed by atoms with Crippen LogP contribution in [0.1, 0.15) is 40.0 Å². The molecule has 3 heteroatoms. The largest absolute Gasteiger partial charge is 0.330 e. The van der Waals surface area contributed by atoms with E-state index in [2.05, 4.69) is 37.6 Å². The third-order valence-electron chi connectivity index (χ3n) is 5.34. The Kier molecular flexibility index (Phi) is 4.35. The minimum atomic E-state index is 0.304. The normalized spacial score (nSPS) is 38.8. The minimum Gasteiger partial charge on any atom is -0.330 e. The highest BCUT2D eigenvalue weighted by atomic mass is 15.3. The topological polar surface area (TPSA) is 32.5 Å². The summed E-state index contributed by atoms with van der Waals surface area (Å²) in [4.78, 5) is 5.22. The van der Waals surface area contributed by atoms with Gasteiger partial charge in [-0.1, -0.05) is 13.3 Å². The van der Waals surface area contributed by atoms with Gasteiger partial charge in [-0.2, -0.15) is 0 Å². The smallest absolute Gasteiger partial charge is 0.0277 e. The van der Waals surface area contributed by atoms with Crippen LogP contribution in [0.25, 0.3) is 0 Å². The van der Waals surface area contributed by atoms with Gasteiger partial charge in [0, 0.05) is 31.2 Å². The van der Waals surface area contributed by atoms with E-state index in [1.807, 2.05) is 0 Å². The first-order valence-electron chi connectivity index (χ1n) is 7.59. The van der Waals surface area contributed by atoms with Gasteiger partial charge >= 0.3 is 0 Å². The maximum absolute atomic E-state index is 6.00. The van der Waals surface area contributed by atoms with Crippen LogP contribution >= 0.6 is 0 Å². The molecule has 2 N–H and O–H groups in total. The molecular formula is C15H31N3. The summed E-state index contributed by atoms with van der Waals surface area (Å²) in [5, 5.41) is 0. The molecule has 0 aromatic carbocycles. The minimum absolute atomic E-state index is 0.304. The van der Waals surface area contributed by atoms with Crippen LogP contribution in [0.3, 0.4) is 0 Å². The van der Waals surface area contributed by atoms with Crippen LogP contribution < -0.4 is 5.73 Å². The monoisotopic (exact) mass is 253 g/mol. The molecule has 3 atom stereocenters. The van der Waals surface area contributed by atoms with Crippen molar-refractivity contribution in [3.05, 3.63) is 0 Å². The third-order valence-corrected chi connectivity index (χ3v) is 5.34. The lowest BCUT2D eigenvalue weighted by molar-refractivity contribution is -0.0141. The van der Waals surface area contributed by atoms with Crippen molar-refractivity contribution < 1.29 is 0 Å². The molecule has 0 radical (unpaired) electrons. The zero-order valence-electron chi connectivity index (χ0n) is 12.7. The van der Waals surface area contributed by atoms with E-state index in [1.54, 1.807) is 0 Å². The molecule has 18 heavy (non-hydrogen) atoms. The summed E-state index contributed by atoms with van der Waals surface area (Å²) in [5.41, 5.74) is 6.31. The average Bonchev–Trinajstić information content (AvgIpc) is 2.32. The Bertz CT molecular complexity index is 277. The quantitative estimate of drug-likeness (QED) is 0.814. The summed E-state index contributed by atoms with van der Waals surface area (Å²) in [5.74, 6) is 1.60. The second kappa shape index (κ2) is 5.48. The summed E-state index contributed by atoms with van der Waals surface area (Å²) < 4.78 is 0. The van der Waals surface area contributed by atoms with E-state index in [0.29, 0.717) is 5.54 Å². The van der Waals surface area contributed by atoms with Gasteiger partial charge in [-0.3, -0.25) is 9.80 Å². The number of nitrogens with zero attached hydrogens (tertiary/aromatic N) is 2. The average molecular weight is 253 g/mol. The fourth-order valence-electron chi connectivity index (χ4n) is 3.70. The predicted octanol–water partition coefficient (Wildman–Crippen LogP) is 1.78. The van der Waals surface area contributed by atoms with Crippen molar-refractivity contribution in [2.45, 2.75) is 51.6 Å². The summed E-state index contributed by atoms with van der Waals surface area (Å²) in [6.45, 7) is 11.6. The molecule has 1 aliphatic heterocycles. The van der Waals surface area contributed by atoms with Gasteiger partial charge in [0.1, 0.15) is 0 Å². The van der Waals surface area contributed by atoms with Gasteiger partial charge in [-0.05, 0) is 52.1 Å². The Morgan fingerprint density at radius 3 is 2.56 bits per heavy atom. The molecule has 0 aromatic heterocycles. The summed E-state index contributed by atoms with van der Waals surface area (Å²) in [6.07, 6.45) is 4.05. The molecule has 1 heterocycles. The fraction of sp³-hybridized carbons (Fsp3) is 1.00. The zero-order valence-corrected chi connectivity index (χ0v) is 12.7. The van der Waals surface area contributed by atoms with Crippen molar-refractivity contribution in [2.75, 3.05) is 33.2 Å². The lowest BCUT2D eigenvalue weighted by Crippen LogP contribution is -2.61. The van der Waals surface area contributed by atoms with Gasteiger partial charge in [0.25, 0.3) is 0 Å². The molecule has 2 fully saturated rings. The molecular weight excluding hydrogens is 222 g/mol. The molecule has 3 unspecified atom stereocenters. The van der Waals surface area contributed by atoms with Crippen LogP contribution in [0.2, 0.25) is 0 Å². The van der Waals surface area contributed by atoms with E-state index in [0.717, 1.165) is 24.4 Å². The zero-order chi connectivity index (χ0) is 13.3. The molecule has 0 amide bonds. The van der Waals surface area contributed by atoms with E-state index in [1.165, 1.54) is 38.9 Å². The molecule has 1 aliphatic carbocycles. The fourth-order valence-corrected chi connectivity index (χ4v) is 3.70. The maximum atomic E-state index is 6.00. The van der Waals surface area contributed by atoms with Gasteiger partial charge in [0.15, 0.2) is 0 Å². The molecule has 106 valence electrons. The second-order valence-electron chi connectivity index (χ2n) is 7.19. The van der Waals surface area contributed by atoms with Crippen LogP contribution in [0.4, 0.5) is 0 Å². The lowest BCUT2D eigenvalue weighted by Gasteiger charge is -2.51. The van der Waals surface area contributed by atoms with Crippen molar-refractivity contribution in [1.82, 2.24) is 9.80 Å². The Hall–Kier alpha value is -0.120. The molecule has 0 spiro atoms. The molecule has 2 aliphatic rings. The number of piperazine rings is 1. The number of rotatable bonds is 2. The van der Waals surface area contributed by atoms with Crippen molar-refractivity contribution in [2.24, 2.45) is 17.6 Å². The molecule has 2 rings (SSSR count). The standard InChI is InChI=1S/C15H31N3/c1-12-5-6-13(10-16)14(9-12)18-8-7-17(4)15(2,3)11-18/h12-14H,5-11,16H2,1-4H3. The first-order valence-corrected chi connectivity index (χ1v) is 7.59. The summed E-state index contributed by atoms with van der Waals surface area (Å²) in [6, 6.07) is 0.728. The van der Waals surface area contributed by atoms with Crippen LogP contribution in [-0.4, -0.2) is 54.6 Å². The van der Waals surface area contributed by atoms with E-state index in [4.69, 9.17) is 5.73 Å². The summed E-state index contributed by atoms with van der Waals surface area (Å²) in [7, 11) is 2.25. The highest BCUT2D eigenvalue weighted by molar-refractivity contribution is 4.94. The highest BCUT2D eigenvalue weighted by Crippen LogP contribution is 2.34.